The van der Waals surface area contributed by atoms with Crippen molar-refractivity contribution in [1.29, 1.82) is 0 Å². The van der Waals surface area contributed by atoms with Crippen molar-refractivity contribution in [3.8, 4) is 0 Å². The Morgan fingerprint density at radius 3 is 2.42 bits per heavy atom. The summed E-state index contributed by atoms with van der Waals surface area (Å²) in [5.41, 5.74) is 0.403. The van der Waals surface area contributed by atoms with Gasteiger partial charge in [0, 0.05) is 11.6 Å². The lowest BCUT2D eigenvalue weighted by Gasteiger charge is -2.30. The lowest BCUT2D eigenvalue weighted by atomic mass is 9.99. The molecule has 1 aromatic rings. The van der Waals surface area contributed by atoms with Crippen LogP contribution in [0, 0.1) is 5.92 Å². The molecule has 1 N–H and O–H groups in total. The van der Waals surface area contributed by atoms with Gasteiger partial charge in [0.2, 0.25) is 15.9 Å². The van der Waals surface area contributed by atoms with Crippen LogP contribution in [-0.2, 0) is 14.8 Å². The first-order valence-electron chi connectivity index (χ1n) is 9.27. The average molecular weight is 403 g/mol. The number of anilines is 1. The van der Waals surface area contributed by atoms with Crippen LogP contribution < -0.4 is 9.62 Å². The van der Waals surface area contributed by atoms with E-state index in [0.717, 1.165) is 31.9 Å². The lowest BCUT2D eigenvalue weighted by molar-refractivity contribution is -0.122. The Kier molecular flexibility index (Phi) is 9.44. The number of hydrogen-bond donors (Lipinski definition) is 1. The maximum atomic E-state index is 12.8. The second-order valence-corrected chi connectivity index (χ2v) is 8.92. The monoisotopic (exact) mass is 402 g/mol. The van der Waals surface area contributed by atoms with Crippen LogP contribution in [0.2, 0.25) is 5.02 Å². The van der Waals surface area contributed by atoms with Crippen LogP contribution in [-0.4, -0.2) is 33.2 Å². The van der Waals surface area contributed by atoms with Gasteiger partial charge in [0.1, 0.15) is 6.04 Å². The molecule has 0 heterocycles. The second kappa shape index (κ2) is 10.8. The number of halogens is 1. The first kappa shape index (κ1) is 22.8. The minimum absolute atomic E-state index is 0.271. The predicted molar refractivity (Wildman–Crippen MR) is 109 cm³/mol. The number of sulfonamides is 1. The summed E-state index contributed by atoms with van der Waals surface area (Å²) >= 11 is 6.01. The number of carbonyl (C=O) groups is 1. The minimum atomic E-state index is -3.64. The summed E-state index contributed by atoms with van der Waals surface area (Å²) in [5, 5.41) is 3.38. The number of nitrogens with one attached hydrogen (secondary N) is 1. The van der Waals surface area contributed by atoms with Gasteiger partial charge in [0.15, 0.2) is 0 Å². The third-order valence-electron chi connectivity index (χ3n) is 4.50. The molecular weight excluding hydrogens is 372 g/mol. The van der Waals surface area contributed by atoms with Crippen molar-refractivity contribution in [3.63, 3.8) is 0 Å². The number of benzene rings is 1. The SMILES string of the molecule is CCCC[C@H](CC)CNC(=O)[C@H](CC)N(c1cccc(Cl)c1)S(C)(=O)=O. The molecule has 0 saturated carbocycles. The van der Waals surface area contributed by atoms with E-state index in [4.69, 9.17) is 11.6 Å². The Hall–Kier alpha value is -1.27. The molecule has 1 amide bonds. The minimum Gasteiger partial charge on any atom is -0.354 e. The van der Waals surface area contributed by atoms with Crippen LogP contribution in [0.25, 0.3) is 0 Å². The van der Waals surface area contributed by atoms with Gasteiger partial charge < -0.3 is 5.32 Å². The third kappa shape index (κ3) is 6.80. The van der Waals surface area contributed by atoms with E-state index in [1.165, 1.54) is 4.31 Å². The van der Waals surface area contributed by atoms with Crippen molar-refractivity contribution in [2.24, 2.45) is 5.92 Å². The van der Waals surface area contributed by atoms with E-state index < -0.39 is 16.1 Å². The van der Waals surface area contributed by atoms with E-state index in [-0.39, 0.29) is 5.91 Å². The highest BCUT2D eigenvalue weighted by atomic mass is 35.5. The molecule has 0 unspecified atom stereocenters. The molecule has 1 aromatic carbocycles. The average Bonchev–Trinajstić information content (AvgIpc) is 2.58. The summed E-state index contributed by atoms with van der Waals surface area (Å²) in [5.74, 6) is 0.141. The number of amides is 1. The zero-order valence-electron chi connectivity index (χ0n) is 16.2. The highest BCUT2D eigenvalue weighted by Gasteiger charge is 2.31. The molecule has 26 heavy (non-hydrogen) atoms. The van der Waals surface area contributed by atoms with E-state index in [1.54, 1.807) is 31.2 Å². The first-order chi connectivity index (χ1) is 12.2. The molecule has 0 aliphatic heterocycles. The van der Waals surface area contributed by atoms with Crippen LogP contribution in [0.3, 0.4) is 0 Å². The topological polar surface area (TPSA) is 66.5 Å². The highest BCUT2D eigenvalue weighted by Crippen LogP contribution is 2.25. The molecule has 5 nitrogen and oxygen atoms in total. The largest absolute Gasteiger partial charge is 0.354 e. The Labute approximate surface area is 163 Å². The molecule has 0 spiro atoms. The predicted octanol–water partition coefficient (Wildman–Crippen LogP) is 4.22. The molecule has 148 valence electrons. The molecule has 0 radical (unpaired) electrons. The number of carbonyl (C=O) groups excluding carboxylic acids is 1. The number of rotatable bonds is 11. The summed E-state index contributed by atoms with van der Waals surface area (Å²) in [6.07, 6.45) is 5.79. The summed E-state index contributed by atoms with van der Waals surface area (Å²) in [7, 11) is -3.64. The van der Waals surface area contributed by atoms with Crippen LogP contribution in [0.15, 0.2) is 24.3 Å². The number of nitrogens with zero attached hydrogens (tertiary/aromatic N) is 1. The summed E-state index contributed by atoms with van der Waals surface area (Å²) < 4.78 is 25.9. The van der Waals surface area contributed by atoms with Gasteiger partial charge in [0.25, 0.3) is 0 Å². The van der Waals surface area contributed by atoms with Gasteiger partial charge in [-0.25, -0.2) is 8.42 Å². The maximum absolute atomic E-state index is 12.8. The van der Waals surface area contributed by atoms with Gasteiger partial charge in [-0.3, -0.25) is 9.10 Å². The van der Waals surface area contributed by atoms with Crippen molar-refractivity contribution in [3.05, 3.63) is 29.3 Å². The Morgan fingerprint density at radius 2 is 1.92 bits per heavy atom. The van der Waals surface area contributed by atoms with E-state index in [0.29, 0.717) is 29.6 Å². The molecule has 0 aromatic heterocycles. The molecule has 0 aliphatic rings. The molecule has 7 heteroatoms. The Morgan fingerprint density at radius 1 is 1.23 bits per heavy atom. The molecule has 2 atom stereocenters. The fourth-order valence-electron chi connectivity index (χ4n) is 2.98. The quantitative estimate of drug-likeness (QED) is 0.602. The van der Waals surface area contributed by atoms with E-state index in [9.17, 15) is 13.2 Å². The van der Waals surface area contributed by atoms with E-state index in [1.807, 2.05) is 0 Å². The molecular formula is C19H31ClN2O3S. The van der Waals surface area contributed by atoms with Gasteiger partial charge in [0.05, 0.1) is 11.9 Å². The zero-order chi connectivity index (χ0) is 19.7. The van der Waals surface area contributed by atoms with Gasteiger partial charge in [-0.1, -0.05) is 57.7 Å². The summed E-state index contributed by atoms with van der Waals surface area (Å²) in [6, 6.07) is 5.77. The maximum Gasteiger partial charge on any atom is 0.243 e. The molecule has 0 bridgehead atoms. The van der Waals surface area contributed by atoms with Crippen molar-refractivity contribution < 1.29 is 13.2 Å². The van der Waals surface area contributed by atoms with Crippen molar-refractivity contribution in [2.75, 3.05) is 17.1 Å². The highest BCUT2D eigenvalue weighted by molar-refractivity contribution is 7.92. The first-order valence-corrected chi connectivity index (χ1v) is 11.5. The van der Waals surface area contributed by atoms with E-state index >= 15 is 0 Å². The van der Waals surface area contributed by atoms with E-state index in [2.05, 4.69) is 19.2 Å². The normalized spacial score (nSPS) is 13.9. The van der Waals surface area contributed by atoms with Crippen LogP contribution >= 0.6 is 11.6 Å². The summed E-state index contributed by atoms with van der Waals surface area (Å²) in [6.45, 7) is 6.63. The van der Waals surface area contributed by atoms with Crippen LogP contribution in [0.5, 0.6) is 0 Å². The molecule has 0 aliphatic carbocycles. The molecule has 0 fully saturated rings. The number of hydrogen-bond acceptors (Lipinski definition) is 3. The van der Waals surface area contributed by atoms with Gasteiger partial charge in [-0.15, -0.1) is 0 Å². The van der Waals surface area contributed by atoms with Crippen molar-refractivity contribution in [1.82, 2.24) is 5.32 Å². The fourth-order valence-corrected chi connectivity index (χ4v) is 4.37. The Bertz CT molecular complexity index is 679. The zero-order valence-corrected chi connectivity index (χ0v) is 17.7. The molecule has 1 rings (SSSR count). The van der Waals surface area contributed by atoms with Crippen LogP contribution in [0.1, 0.15) is 52.9 Å². The number of unbranched alkanes of at least 4 members (excludes halogenated alkanes) is 1. The van der Waals surface area contributed by atoms with Crippen LogP contribution in [0.4, 0.5) is 5.69 Å². The van der Waals surface area contributed by atoms with Crippen molar-refractivity contribution >= 4 is 33.2 Å². The van der Waals surface area contributed by atoms with Gasteiger partial charge >= 0.3 is 0 Å². The molecule has 0 saturated heterocycles. The fraction of sp³-hybridized carbons (Fsp3) is 0.632. The van der Waals surface area contributed by atoms with Crippen molar-refractivity contribution in [2.45, 2.75) is 58.9 Å². The van der Waals surface area contributed by atoms with Gasteiger partial charge in [-0.05, 0) is 37.0 Å². The summed E-state index contributed by atoms with van der Waals surface area (Å²) in [4.78, 5) is 12.8. The Balaban J connectivity index is 2.98. The third-order valence-corrected chi connectivity index (χ3v) is 5.92. The smallest absolute Gasteiger partial charge is 0.243 e. The lowest BCUT2D eigenvalue weighted by Crippen LogP contribution is -2.50. The second-order valence-electron chi connectivity index (χ2n) is 6.62. The standard InChI is InChI=1S/C19H31ClN2O3S/c1-5-8-10-15(6-2)14-21-19(23)18(7-3)22(26(4,24)25)17-12-9-11-16(20)13-17/h9,11-13,15,18H,5-8,10,14H2,1-4H3,(H,21,23)/t15-,18-/m0/s1. The van der Waals surface area contributed by atoms with Gasteiger partial charge in [-0.2, -0.15) is 0 Å².